The molecule has 7 nitrogen and oxygen atoms in total. The summed E-state index contributed by atoms with van der Waals surface area (Å²) in [6.45, 7) is 2.59. The van der Waals surface area contributed by atoms with Gasteiger partial charge in [0.1, 0.15) is 0 Å². The lowest BCUT2D eigenvalue weighted by molar-refractivity contribution is -0.0668. The molecule has 7 heteroatoms. The van der Waals surface area contributed by atoms with E-state index in [0.29, 0.717) is 24.8 Å². The number of carbonyl (C=O) groups is 1. The van der Waals surface area contributed by atoms with Crippen molar-refractivity contribution >= 4 is 11.6 Å². The van der Waals surface area contributed by atoms with E-state index in [1.165, 1.54) is 0 Å². The van der Waals surface area contributed by atoms with Crippen molar-refractivity contribution in [3.8, 4) is 0 Å². The Morgan fingerprint density at radius 2 is 2.35 bits per heavy atom. The van der Waals surface area contributed by atoms with Crippen LogP contribution in [0.15, 0.2) is 0 Å². The van der Waals surface area contributed by atoms with Crippen molar-refractivity contribution in [3.63, 3.8) is 0 Å². The third-order valence-corrected chi connectivity index (χ3v) is 3.99. The number of nitrogens with zero attached hydrogens (tertiary/aromatic N) is 2. The molecule has 110 valence electrons. The molecule has 0 spiro atoms. The number of aliphatic hydroxyl groups is 1. The first-order valence-corrected chi connectivity index (χ1v) is 6.99. The van der Waals surface area contributed by atoms with Crippen molar-refractivity contribution in [1.82, 2.24) is 15.1 Å². The van der Waals surface area contributed by atoms with Gasteiger partial charge in [-0.15, -0.1) is 0 Å². The maximum atomic E-state index is 12.6. The molecule has 2 unspecified atom stereocenters. The van der Waals surface area contributed by atoms with E-state index in [9.17, 15) is 9.90 Å². The molecule has 0 radical (unpaired) electrons. The van der Waals surface area contributed by atoms with Crippen LogP contribution in [0.3, 0.4) is 0 Å². The first kappa shape index (κ1) is 13.4. The molecule has 3 rings (SSSR count). The van der Waals surface area contributed by atoms with Crippen LogP contribution in [-0.2, 0) is 4.74 Å². The summed E-state index contributed by atoms with van der Waals surface area (Å²) in [5, 5.41) is 16.2. The first-order valence-electron chi connectivity index (χ1n) is 6.99. The molecule has 1 aliphatic heterocycles. The van der Waals surface area contributed by atoms with Gasteiger partial charge in [-0.2, -0.15) is 5.10 Å². The van der Waals surface area contributed by atoms with Gasteiger partial charge in [-0.25, -0.2) is 0 Å². The van der Waals surface area contributed by atoms with Gasteiger partial charge in [0.25, 0.3) is 5.91 Å². The second-order valence-corrected chi connectivity index (χ2v) is 5.62. The van der Waals surface area contributed by atoms with Crippen LogP contribution in [-0.4, -0.2) is 58.0 Å². The standard InChI is InChI=1S/C13H20N4O3/c1-7-6-20-9(5-18)4-17(7)13(19)12-10(14)11(15-16-12)8-2-3-8/h7-9,18H,2-6,14H2,1H3,(H,15,16). The molecule has 1 amide bonds. The van der Waals surface area contributed by atoms with Crippen molar-refractivity contribution in [3.05, 3.63) is 11.4 Å². The topological polar surface area (TPSA) is 104 Å². The Hall–Kier alpha value is -1.60. The predicted octanol–water partition coefficient (Wildman–Crippen LogP) is 0.0911. The SMILES string of the molecule is CC1COC(CO)CN1C(=O)c1n[nH]c(C2CC2)c1N. The maximum absolute atomic E-state index is 12.6. The lowest BCUT2D eigenvalue weighted by Gasteiger charge is -2.37. The van der Waals surface area contributed by atoms with Gasteiger partial charge in [-0.1, -0.05) is 0 Å². The highest BCUT2D eigenvalue weighted by molar-refractivity contribution is 5.98. The number of amides is 1. The van der Waals surface area contributed by atoms with Gasteiger partial charge in [0.05, 0.1) is 36.7 Å². The summed E-state index contributed by atoms with van der Waals surface area (Å²) in [7, 11) is 0. The highest BCUT2D eigenvalue weighted by Crippen LogP contribution is 2.42. The molecular weight excluding hydrogens is 260 g/mol. The number of nitrogen functional groups attached to an aromatic ring is 1. The van der Waals surface area contributed by atoms with Crippen molar-refractivity contribution in [2.75, 3.05) is 25.5 Å². The average Bonchev–Trinajstić information content (AvgIpc) is 3.22. The molecular formula is C13H20N4O3. The Balaban J connectivity index is 1.80. The van der Waals surface area contributed by atoms with E-state index in [1.807, 2.05) is 6.92 Å². The van der Waals surface area contributed by atoms with Gasteiger partial charge in [-0.05, 0) is 19.8 Å². The number of anilines is 1. The summed E-state index contributed by atoms with van der Waals surface area (Å²) in [6.07, 6.45) is 1.86. The Morgan fingerprint density at radius 1 is 1.60 bits per heavy atom. The quantitative estimate of drug-likeness (QED) is 0.728. The van der Waals surface area contributed by atoms with Crippen LogP contribution in [0.2, 0.25) is 0 Å². The fourth-order valence-electron chi connectivity index (χ4n) is 2.56. The van der Waals surface area contributed by atoms with E-state index in [0.717, 1.165) is 18.5 Å². The van der Waals surface area contributed by atoms with Crippen LogP contribution < -0.4 is 5.73 Å². The number of aromatic nitrogens is 2. The van der Waals surface area contributed by atoms with Gasteiger partial charge >= 0.3 is 0 Å². The highest BCUT2D eigenvalue weighted by atomic mass is 16.5. The summed E-state index contributed by atoms with van der Waals surface area (Å²) in [5.74, 6) is 0.233. The Kier molecular flexibility index (Phi) is 3.39. The first-order chi connectivity index (χ1) is 9.61. The zero-order chi connectivity index (χ0) is 14.3. The molecule has 2 heterocycles. The molecule has 1 saturated heterocycles. The minimum absolute atomic E-state index is 0.0502. The minimum atomic E-state index is -0.335. The fourth-order valence-corrected chi connectivity index (χ4v) is 2.56. The molecule has 1 aromatic heterocycles. The van der Waals surface area contributed by atoms with Crippen molar-refractivity contribution < 1.29 is 14.6 Å². The third-order valence-electron chi connectivity index (χ3n) is 3.99. The molecule has 0 aromatic carbocycles. The Morgan fingerprint density at radius 3 is 3.00 bits per heavy atom. The van der Waals surface area contributed by atoms with Crippen LogP contribution >= 0.6 is 0 Å². The summed E-state index contributed by atoms with van der Waals surface area (Å²) in [4.78, 5) is 14.2. The second kappa shape index (κ2) is 5.06. The maximum Gasteiger partial charge on any atom is 0.276 e. The third kappa shape index (κ3) is 2.27. The lowest BCUT2D eigenvalue weighted by Crippen LogP contribution is -2.52. The predicted molar refractivity (Wildman–Crippen MR) is 72.3 cm³/mol. The van der Waals surface area contributed by atoms with Crippen molar-refractivity contribution in [2.24, 2.45) is 0 Å². The Bertz CT molecular complexity index is 512. The summed E-state index contributed by atoms with van der Waals surface area (Å²) in [6, 6.07) is -0.0502. The number of hydrogen-bond acceptors (Lipinski definition) is 5. The highest BCUT2D eigenvalue weighted by Gasteiger charge is 2.35. The van der Waals surface area contributed by atoms with Crippen LogP contribution in [0.4, 0.5) is 5.69 Å². The van der Waals surface area contributed by atoms with E-state index < -0.39 is 0 Å². The average molecular weight is 280 g/mol. The Labute approximate surface area is 117 Å². The number of aromatic amines is 1. The number of ether oxygens (including phenoxy) is 1. The van der Waals surface area contributed by atoms with Crippen LogP contribution in [0, 0.1) is 0 Å². The number of H-pyrrole nitrogens is 1. The lowest BCUT2D eigenvalue weighted by atomic mass is 10.1. The number of nitrogens with two attached hydrogens (primary N) is 1. The monoisotopic (exact) mass is 280 g/mol. The number of rotatable bonds is 3. The van der Waals surface area contributed by atoms with Gasteiger partial charge < -0.3 is 20.5 Å². The van der Waals surface area contributed by atoms with Crippen LogP contribution in [0.25, 0.3) is 0 Å². The second-order valence-electron chi connectivity index (χ2n) is 5.62. The van der Waals surface area contributed by atoms with Gasteiger partial charge in [0.2, 0.25) is 0 Å². The molecule has 1 aromatic rings. The summed E-state index contributed by atoms with van der Waals surface area (Å²) >= 11 is 0. The van der Waals surface area contributed by atoms with E-state index in [1.54, 1.807) is 4.90 Å². The zero-order valence-electron chi connectivity index (χ0n) is 11.5. The molecule has 1 saturated carbocycles. The van der Waals surface area contributed by atoms with Gasteiger partial charge in [-0.3, -0.25) is 9.89 Å². The van der Waals surface area contributed by atoms with Crippen molar-refractivity contribution in [2.45, 2.75) is 37.8 Å². The molecule has 0 bridgehead atoms. The number of nitrogens with one attached hydrogen (secondary N) is 1. The van der Waals surface area contributed by atoms with Crippen LogP contribution in [0.5, 0.6) is 0 Å². The minimum Gasteiger partial charge on any atom is -0.395 e. The number of hydrogen-bond donors (Lipinski definition) is 3. The summed E-state index contributed by atoms with van der Waals surface area (Å²) in [5.41, 5.74) is 7.68. The number of aliphatic hydroxyl groups excluding tert-OH is 1. The van der Waals surface area contributed by atoms with E-state index in [-0.39, 0.29) is 30.4 Å². The van der Waals surface area contributed by atoms with E-state index in [2.05, 4.69) is 10.2 Å². The molecule has 2 aliphatic rings. The molecule has 2 fully saturated rings. The largest absolute Gasteiger partial charge is 0.395 e. The van der Waals surface area contributed by atoms with Gasteiger partial charge in [0, 0.05) is 12.5 Å². The molecule has 20 heavy (non-hydrogen) atoms. The fraction of sp³-hybridized carbons (Fsp3) is 0.692. The molecule has 2 atom stereocenters. The van der Waals surface area contributed by atoms with E-state index >= 15 is 0 Å². The summed E-state index contributed by atoms with van der Waals surface area (Å²) < 4.78 is 5.44. The van der Waals surface area contributed by atoms with Crippen molar-refractivity contribution in [1.29, 1.82) is 0 Å². The molecule has 1 aliphatic carbocycles. The smallest absolute Gasteiger partial charge is 0.276 e. The van der Waals surface area contributed by atoms with Gasteiger partial charge in [0.15, 0.2) is 5.69 Å². The van der Waals surface area contributed by atoms with E-state index in [4.69, 9.17) is 10.5 Å². The number of carbonyl (C=O) groups excluding carboxylic acids is 1. The van der Waals surface area contributed by atoms with Crippen LogP contribution in [0.1, 0.15) is 41.9 Å². The molecule has 4 N–H and O–H groups in total. The number of morpholine rings is 1. The normalized spacial score (nSPS) is 26.8. The zero-order valence-corrected chi connectivity index (χ0v) is 11.5.